The molecule has 1 saturated carbocycles. The van der Waals surface area contributed by atoms with Crippen LogP contribution in [0.4, 0.5) is 0 Å². The van der Waals surface area contributed by atoms with Crippen LogP contribution in [0.1, 0.15) is 41.6 Å². The maximum Gasteiger partial charge on any atom is 0.251 e. The third-order valence-corrected chi connectivity index (χ3v) is 5.11. The van der Waals surface area contributed by atoms with E-state index in [2.05, 4.69) is 20.9 Å². The van der Waals surface area contributed by atoms with Gasteiger partial charge < -0.3 is 20.9 Å². The maximum absolute atomic E-state index is 12.7. The molecule has 27 heavy (non-hydrogen) atoms. The molecule has 0 aliphatic heterocycles. The Bertz CT molecular complexity index is 693. The van der Waals surface area contributed by atoms with Gasteiger partial charge in [0.2, 0.25) is 5.91 Å². The third-order valence-electron chi connectivity index (χ3n) is 5.11. The average Bonchev–Trinajstić information content (AvgIpc) is 3.17. The molecule has 148 valence electrons. The van der Waals surface area contributed by atoms with Gasteiger partial charge in [-0.25, -0.2) is 0 Å². The molecule has 0 bridgehead atoms. The molecule has 0 radical (unpaired) electrons. The normalized spacial score (nSPS) is 15.9. The molecule has 1 aromatic carbocycles. The van der Waals surface area contributed by atoms with E-state index in [1.807, 2.05) is 32.3 Å². The number of rotatable bonds is 6. The third kappa shape index (κ3) is 5.21. The summed E-state index contributed by atoms with van der Waals surface area (Å²) in [6.07, 6.45) is 3.98. The lowest BCUT2D eigenvalue weighted by Gasteiger charge is -2.31. The zero-order chi connectivity index (χ0) is 19.9. The standard InChI is InChI=1S/C20H31N5O2/c1-21-17(26)16-9-7-8-15(12-16)13-23-19(22-2)24-14-20(10-5-6-11-20)18(27)25(3)4/h7-9,12H,5-6,10-11,13-14H2,1-4H3,(H,21,26)(H2,22,23,24). The number of carbonyl (C=O) groups is 2. The van der Waals surface area contributed by atoms with Gasteiger partial charge in [0, 0.05) is 46.8 Å². The van der Waals surface area contributed by atoms with Crippen LogP contribution < -0.4 is 16.0 Å². The topological polar surface area (TPSA) is 85.8 Å². The molecule has 1 aromatic rings. The van der Waals surface area contributed by atoms with Crippen molar-refractivity contribution in [2.45, 2.75) is 32.2 Å². The van der Waals surface area contributed by atoms with Gasteiger partial charge >= 0.3 is 0 Å². The summed E-state index contributed by atoms with van der Waals surface area (Å²) < 4.78 is 0. The predicted molar refractivity (Wildman–Crippen MR) is 108 cm³/mol. The maximum atomic E-state index is 12.7. The molecule has 2 rings (SSSR count). The summed E-state index contributed by atoms with van der Waals surface area (Å²) in [6.45, 7) is 1.11. The van der Waals surface area contributed by atoms with Crippen molar-refractivity contribution in [2.75, 3.05) is 34.7 Å². The van der Waals surface area contributed by atoms with Crippen molar-refractivity contribution < 1.29 is 9.59 Å². The highest BCUT2D eigenvalue weighted by Crippen LogP contribution is 2.38. The molecule has 0 atom stereocenters. The summed E-state index contributed by atoms with van der Waals surface area (Å²) >= 11 is 0. The highest BCUT2D eigenvalue weighted by atomic mass is 16.2. The van der Waals surface area contributed by atoms with Crippen molar-refractivity contribution >= 4 is 17.8 Å². The minimum atomic E-state index is -0.347. The smallest absolute Gasteiger partial charge is 0.251 e. The summed E-state index contributed by atoms with van der Waals surface area (Å²) in [5.41, 5.74) is 1.26. The molecule has 1 aliphatic carbocycles. The van der Waals surface area contributed by atoms with Crippen LogP contribution in [-0.2, 0) is 11.3 Å². The summed E-state index contributed by atoms with van der Waals surface area (Å²) in [7, 11) is 6.96. The molecule has 0 saturated heterocycles. The lowest BCUT2D eigenvalue weighted by atomic mass is 9.84. The van der Waals surface area contributed by atoms with Gasteiger partial charge in [-0.3, -0.25) is 14.6 Å². The predicted octanol–water partition coefficient (Wildman–Crippen LogP) is 1.36. The number of amides is 2. The first-order valence-electron chi connectivity index (χ1n) is 9.39. The van der Waals surface area contributed by atoms with Crippen molar-refractivity contribution in [1.82, 2.24) is 20.9 Å². The fourth-order valence-corrected chi connectivity index (χ4v) is 3.62. The van der Waals surface area contributed by atoms with Crippen LogP contribution >= 0.6 is 0 Å². The summed E-state index contributed by atoms with van der Waals surface area (Å²) in [5.74, 6) is 0.726. The first-order valence-corrected chi connectivity index (χ1v) is 9.39. The summed E-state index contributed by atoms with van der Waals surface area (Å²) in [4.78, 5) is 30.4. The second kappa shape index (κ2) is 9.39. The van der Waals surface area contributed by atoms with Crippen molar-refractivity contribution in [1.29, 1.82) is 0 Å². The van der Waals surface area contributed by atoms with Gasteiger partial charge in [-0.1, -0.05) is 25.0 Å². The Balaban J connectivity index is 1.96. The number of nitrogens with one attached hydrogen (secondary N) is 3. The Morgan fingerprint density at radius 2 is 1.89 bits per heavy atom. The number of guanidine groups is 1. The summed E-state index contributed by atoms with van der Waals surface area (Å²) in [6, 6.07) is 7.46. The van der Waals surface area contributed by atoms with E-state index < -0.39 is 0 Å². The molecule has 0 unspecified atom stereocenters. The molecule has 2 amide bonds. The lowest BCUT2D eigenvalue weighted by molar-refractivity contribution is -0.138. The van der Waals surface area contributed by atoms with Crippen LogP contribution in [-0.4, -0.2) is 57.4 Å². The van der Waals surface area contributed by atoms with Gasteiger partial charge in [0.1, 0.15) is 0 Å². The molecule has 7 nitrogen and oxygen atoms in total. The van der Waals surface area contributed by atoms with Crippen molar-refractivity contribution in [3.63, 3.8) is 0 Å². The molecule has 7 heteroatoms. The Kier molecular flexibility index (Phi) is 7.21. The molecule has 0 heterocycles. The zero-order valence-electron chi connectivity index (χ0n) is 16.8. The number of nitrogens with zero attached hydrogens (tertiary/aromatic N) is 2. The Hall–Kier alpha value is -2.57. The first kappa shape index (κ1) is 20.7. The Morgan fingerprint density at radius 3 is 2.48 bits per heavy atom. The van der Waals surface area contributed by atoms with Gasteiger partial charge in [0.25, 0.3) is 5.91 Å². The number of hydrogen-bond donors (Lipinski definition) is 3. The highest BCUT2D eigenvalue weighted by molar-refractivity contribution is 5.94. The number of carbonyl (C=O) groups excluding carboxylic acids is 2. The van der Waals surface area contributed by atoms with Gasteiger partial charge in [-0.15, -0.1) is 0 Å². The average molecular weight is 374 g/mol. The van der Waals surface area contributed by atoms with Gasteiger partial charge in [-0.05, 0) is 30.5 Å². The van der Waals surface area contributed by atoms with Crippen molar-refractivity contribution in [3.05, 3.63) is 35.4 Å². The molecular formula is C20H31N5O2. The molecule has 0 spiro atoms. The minimum absolute atomic E-state index is 0.107. The Morgan fingerprint density at radius 1 is 1.19 bits per heavy atom. The van der Waals surface area contributed by atoms with Crippen LogP contribution in [0.25, 0.3) is 0 Å². The van der Waals surface area contributed by atoms with Gasteiger partial charge in [0.05, 0.1) is 5.41 Å². The van der Waals surface area contributed by atoms with Crippen LogP contribution in [0.15, 0.2) is 29.3 Å². The molecular weight excluding hydrogens is 342 g/mol. The van der Waals surface area contributed by atoms with E-state index >= 15 is 0 Å². The van der Waals surface area contributed by atoms with E-state index in [4.69, 9.17) is 0 Å². The van der Waals surface area contributed by atoms with Crippen LogP contribution in [0, 0.1) is 5.41 Å². The first-order chi connectivity index (χ1) is 12.9. The van der Waals surface area contributed by atoms with E-state index in [9.17, 15) is 9.59 Å². The minimum Gasteiger partial charge on any atom is -0.355 e. The Labute approximate surface area is 161 Å². The van der Waals surface area contributed by atoms with E-state index in [1.54, 1.807) is 25.1 Å². The van der Waals surface area contributed by atoms with E-state index in [1.165, 1.54) is 0 Å². The van der Waals surface area contributed by atoms with Gasteiger partial charge in [0.15, 0.2) is 5.96 Å². The number of aliphatic imine (C=N–C) groups is 1. The van der Waals surface area contributed by atoms with Crippen molar-refractivity contribution in [2.24, 2.45) is 10.4 Å². The molecule has 0 aromatic heterocycles. The monoisotopic (exact) mass is 373 g/mol. The van der Waals surface area contributed by atoms with Crippen LogP contribution in [0.5, 0.6) is 0 Å². The zero-order valence-corrected chi connectivity index (χ0v) is 16.8. The molecule has 3 N–H and O–H groups in total. The fourth-order valence-electron chi connectivity index (χ4n) is 3.62. The second-order valence-corrected chi connectivity index (χ2v) is 7.25. The second-order valence-electron chi connectivity index (χ2n) is 7.25. The quantitative estimate of drug-likeness (QED) is 0.519. The largest absolute Gasteiger partial charge is 0.355 e. The number of hydrogen-bond acceptors (Lipinski definition) is 3. The van der Waals surface area contributed by atoms with E-state index in [0.717, 1.165) is 31.2 Å². The van der Waals surface area contributed by atoms with E-state index in [0.29, 0.717) is 24.6 Å². The fraction of sp³-hybridized carbons (Fsp3) is 0.550. The summed E-state index contributed by atoms with van der Waals surface area (Å²) in [5, 5.41) is 9.21. The highest BCUT2D eigenvalue weighted by Gasteiger charge is 2.42. The van der Waals surface area contributed by atoms with Crippen LogP contribution in [0.3, 0.4) is 0 Å². The van der Waals surface area contributed by atoms with Crippen LogP contribution in [0.2, 0.25) is 0 Å². The lowest BCUT2D eigenvalue weighted by Crippen LogP contribution is -2.49. The van der Waals surface area contributed by atoms with Gasteiger partial charge in [-0.2, -0.15) is 0 Å². The SMILES string of the molecule is CN=C(NCc1cccc(C(=O)NC)c1)NCC1(C(=O)N(C)C)CCCC1. The number of benzene rings is 1. The van der Waals surface area contributed by atoms with E-state index in [-0.39, 0.29) is 17.2 Å². The molecule has 1 aliphatic rings. The van der Waals surface area contributed by atoms with Crippen molar-refractivity contribution in [3.8, 4) is 0 Å². The molecule has 1 fully saturated rings.